The zero-order valence-corrected chi connectivity index (χ0v) is 24.5. The van der Waals surface area contributed by atoms with Gasteiger partial charge in [-0.2, -0.15) is 0 Å². The lowest BCUT2D eigenvalue weighted by atomic mass is 10.0. The van der Waals surface area contributed by atoms with Crippen LogP contribution < -0.4 is 15.5 Å². The number of nitrogens with zero attached hydrogens (tertiary/aromatic N) is 1. The van der Waals surface area contributed by atoms with Crippen LogP contribution in [0.4, 0.5) is 11.4 Å². The van der Waals surface area contributed by atoms with Crippen LogP contribution in [-0.4, -0.2) is 30.0 Å². The van der Waals surface area contributed by atoms with E-state index >= 15 is 0 Å². The predicted molar refractivity (Wildman–Crippen MR) is 171 cm³/mol. The van der Waals surface area contributed by atoms with Crippen LogP contribution in [0.2, 0.25) is 0 Å². The quantitative estimate of drug-likeness (QED) is 0.168. The Hall–Kier alpha value is -4.62. The fourth-order valence-electron chi connectivity index (χ4n) is 4.77. The molecule has 6 nitrogen and oxygen atoms in total. The molecule has 0 aliphatic carbocycles. The average Bonchev–Trinajstić information content (AvgIpc) is 3.45. The van der Waals surface area contributed by atoms with Gasteiger partial charge in [-0.05, 0) is 71.5 Å². The van der Waals surface area contributed by atoms with Crippen molar-refractivity contribution in [2.75, 3.05) is 22.5 Å². The highest BCUT2D eigenvalue weighted by Gasteiger charge is 2.24. The number of hydrogen-bond acceptors (Lipinski definition) is 4. The van der Waals surface area contributed by atoms with Gasteiger partial charge >= 0.3 is 0 Å². The van der Waals surface area contributed by atoms with Crippen molar-refractivity contribution in [3.63, 3.8) is 0 Å². The van der Waals surface area contributed by atoms with Crippen molar-refractivity contribution < 1.29 is 14.4 Å². The number of para-hydroxylation sites is 1. The zero-order chi connectivity index (χ0) is 29.5. The predicted octanol–water partition coefficient (Wildman–Crippen LogP) is 6.90. The van der Waals surface area contributed by atoms with Crippen molar-refractivity contribution in [2.24, 2.45) is 0 Å². The van der Waals surface area contributed by atoms with Gasteiger partial charge in [0.1, 0.15) is 5.70 Å². The molecule has 5 rings (SSSR count). The third-order valence-electron chi connectivity index (χ3n) is 7.09. The molecule has 42 heavy (non-hydrogen) atoms. The largest absolute Gasteiger partial charge is 0.321 e. The summed E-state index contributed by atoms with van der Waals surface area (Å²) >= 11 is 1.43. The normalized spacial score (nSPS) is 12.6. The van der Waals surface area contributed by atoms with E-state index in [1.54, 1.807) is 36.4 Å². The number of rotatable bonds is 9. The summed E-state index contributed by atoms with van der Waals surface area (Å²) in [5, 5.41) is 5.70. The molecule has 2 N–H and O–H groups in total. The summed E-state index contributed by atoms with van der Waals surface area (Å²) in [5.74, 6) is -0.0933. The van der Waals surface area contributed by atoms with Crippen molar-refractivity contribution in [3.05, 3.63) is 131 Å². The molecule has 0 atom stereocenters. The first kappa shape index (κ1) is 28.9. The molecule has 4 aromatic rings. The highest BCUT2D eigenvalue weighted by atomic mass is 32.2. The van der Waals surface area contributed by atoms with E-state index in [4.69, 9.17) is 0 Å². The van der Waals surface area contributed by atoms with Gasteiger partial charge in [-0.25, -0.2) is 0 Å². The number of fused-ring (bicyclic) bond motifs is 1. The van der Waals surface area contributed by atoms with Crippen molar-refractivity contribution in [3.8, 4) is 0 Å². The Labute approximate surface area is 250 Å². The van der Waals surface area contributed by atoms with E-state index in [2.05, 4.69) is 30.5 Å². The van der Waals surface area contributed by atoms with Gasteiger partial charge in [0.25, 0.3) is 11.8 Å². The highest BCUT2D eigenvalue weighted by Crippen LogP contribution is 2.29. The second-order valence-electron chi connectivity index (χ2n) is 10.4. The minimum atomic E-state index is -0.445. The van der Waals surface area contributed by atoms with E-state index < -0.39 is 5.91 Å². The number of carbonyl (C=O) groups excluding carboxylic acids is 3. The van der Waals surface area contributed by atoms with Gasteiger partial charge in [0, 0.05) is 28.4 Å². The van der Waals surface area contributed by atoms with E-state index in [1.165, 1.54) is 22.9 Å². The summed E-state index contributed by atoms with van der Waals surface area (Å²) in [6, 6.07) is 32.1. The van der Waals surface area contributed by atoms with Crippen LogP contribution in [0.3, 0.4) is 0 Å². The first-order chi connectivity index (χ1) is 20.4. The molecular weight excluding hydrogens is 542 g/mol. The fourth-order valence-corrected chi connectivity index (χ4v) is 5.60. The Kier molecular flexibility index (Phi) is 9.19. The highest BCUT2D eigenvalue weighted by molar-refractivity contribution is 8.00. The smallest absolute Gasteiger partial charge is 0.272 e. The third-order valence-corrected chi connectivity index (χ3v) is 8.06. The Bertz CT molecular complexity index is 1610. The van der Waals surface area contributed by atoms with Crippen molar-refractivity contribution >= 4 is 46.9 Å². The van der Waals surface area contributed by atoms with Crippen molar-refractivity contribution in [1.29, 1.82) is 0 Å². The maximum absolute atomic E-state index is 13.5. The molecule has 7 heteroatoms. The van der Waals surface area contributed by atoms with Crippen molar-refractivity contribution in [1.82, 2.24) is 5.32 Å². The molecule has 0 bridgehead atoms. The lowest BCUT2D eigenvalue weighted by Crippen LogP contribution is -2.30. The summed E-state index contributed by atoms with van der Waals surface area (Å²) in [5.41, 5.74) is 5.31. The van der Waals surface area contributed by atoms with Gasteiger partial charge < -0.3 is 15.5 Å². The van der Waals surface area contributed by atoms with Crippen molar-refractivity contribution in [2.45, 2.75) is 31.1 Å². The van der Waals surface area contributed by atoms with E-state index in [0.717, 1.165) is 22.6 Å². The number of nitrogens with one attached hydrogen (secondary N) is 2. The molecule has 3 amide bonds. The van der Waals surface area contributed by atoms with E-state index in [0.29, 0.717) is 23.7 Å². The van der Waals surface area contributed by atoms with E-state index in [-0.39, 0.29) is 23.3 Å². The Morgan fingerprint density at radius 3 is 2.38 bits per heavy atom. The van der Waals surface area contributed by atoms with Crippen LogP contribution in [0.25, 0.3) is 6.08 Å². The minimum Gasteiger partial charge on any atom is -0.321 e. The second-order valence-corrected chi connectivity index (χ2v) is 11.4. The van der Waals surface area contributed by atoms with Gasteiger partial charge in [0.2, 0.25) is 5.91 Å². The van der Waals surface area contributed by atoms with Crippen LogP contribution >= 0.6 is 11.8 Å². The molecule has 212 valence electrons. The van der Waals surface area contributed by atoms with E-state index in [1.807, 2.05) is 71.6 Å². The first-order valence-corrected chi connectivity index (χ1v) is 15.0. The molecule has 0 fully saturated rings. The molecule has 0 saturated heterocycles. The van der Waals surface area contributed by atoms with Gasteiger partial charge in [-0.3, -0.25) is 14.4 Å². The summed E-state index contributed by atoms with van der Waals surface area (Å²) in [6.07, 6.45) is 2.54. The summed E-state index contributed by atoms with van der Waals surface area (Å²) < 4.78 is 0. The second kappa shape index (κ2) is 13.4. The molecule has 1 aliphatic heterocycles. The monoisotopic (exact) mass is 575 g/mol. The van der Waals surface area contributed by atoms with Gasteiger partial charge in [0.05, 0.1) is 5.75 Å². The number of benzene rings is 4. The standard InChI is InChI=1S/C35H33N3O3S/c1-24(2)26-17-15-25(16-18-26)21-31(37-34(40)28-10-4-3-5-11-28)35(41)36-29-12-8-13-30(22-29)42-23-33(39)38-20-19-27-9-6-7-14-32(27)38/h3-18,21-22,24H,19-20,23H2,1-2H3,(H,36,41)(H,37,40)/b31-21-. The van der Waals surface area contributed by atoms with Gasteiger partial charge in [-0.1, -0.05) is 80.6 Å². The number of carbonyl (C=O) groups is 3. The Morgan fingerprint density at radius 1 is 0.881 bits per heavy atom. The average molecular weight is 576 g/mol. The third kappa shape index (κ3) is 7.17. The number of hydrogen-bond donors (Lipinski definition) is 2. The lowest BCUT2D eigenvalue weighted by molar-refractivity contribution is -0.116. The molecule has 0 saturated carbocycles. The fraction of sp³-hybridized carbons (Fsp3) is 0.171. The first-order valence-electron chi connectivity index (χ1n) is 14.0. The molecule has 1 heterocycles. The minimum absolute atomic E-state index is 0.0525. The number of thioether (sulfide) groups is 1. The van der Waals surface area contributed by atoms with Crippen LogP contribution in [0.1, 0.15) is 46.8 Å². The Balaban J connectivity index is 1.29. The maximum atomic E-state index is 13.5. The van der Waals surface area contributed by atoms with Crippen LogP contribution in [0.15, 0.2) is 114 Å². The molecular formula is C35H33N3O3S. The summed E-state index contributed by atoms with van der Waals surface area (Å²) in [6.45, 7) is 4.94. The number of amides is 3. The van der Waals surface area contributed by atoms with Crippen LogP contribution in [0.5, 0.6) is 0 Å². The summed E-state index contributed by atoms with van der Waals surface area (Å²) in [4.78, 5) is 42.1. The molecule has 1 aliphatic rings. The molecule has 0 unspecified atom stereocenters. The lowest BCUT2D eigenvalue weighted by Gasteiger charge is -2.17. The zero-order valence-electron chi connectivity index (χ0n) is 23.7. The maximum Gasteiger partial charge on any atom is 0.272 e. The topological polar surface area (TPSA) is 78.5 Å². The van der Waals surface area contributed by atoms with E-state index in [9.17, 15) is 14.4 Å². The SMILES string of the molecule is CC(C)c1ccc(/C=C(\NC(=O)c2ccccc2)C(=O)Nc2cccc(SCC(=O)N3CCc4ccccc43)c2)cc1. The van der Waals surface area contributed by atoms with Crippen LogP contribution in [-0.2, 0) is 16.0 Å². The van der Waals surface area contributed by atoms with Crippen LogP contribution in [0, 0.1) is 0 Å². The van der Waals surface area contributed by atoms with Gasteiger partial charge in [0.15, 0.2) is 0 Å². The molecule has 0 spiro atoms. The molecule has 4 aromatic carbocycles. The Morgan fingerprint density at radius 2 is 1.62 bits per heavy atom. The number of anilines is 2. The van der Waals surface area contributed by atoms with Gasteiger partial charge in [-0.15, -0.1) is 11.8 Å². The summed E-state index contributed by atoms with van der Waals surface area (Å²) in [7, 11) is 0. The molecule has 0 radical (unpaired) electrons. The molecule has 0 aromatic heterocycles.